The molecule has 0 spiro atoms. The van der Waals surface area contributed by atoms with Crippen molar-refractivity contribution in [1.82, 2.24) is 5.32 Å². The molecule has 1 aliphatic rings. The second-order valence-corrected chi connectivity index (χ2v) is 6.19. The van der Waals surface area contributed by atoms with Crippen LogP contribution in [0.5, 0.6) is 0 Å². The van der Waals surface area contributed by atoms with Gasteiger partial charge in [-0.25, -0.2) is 0 Å². The van der Waals surface area contributed by atoms with Crippen molar-refractivity contribution in [2.45, 2.75) is 58.6 Å². The Kier molecular flexibility index (Phi) is 6.45. The summed E-state index contributed by atoms with van der Waals surface area (Å²) in [7, 11) is 0. The monoisotopic (exact) mass is 243 g/mol. The third-order valence-corrected chi connectivity index (χ3v) is 3.08. The Balaban J connectivity index is 1.95. The normalized spacial score (nSPS) is 22.9. The largest absolute Gasteiger partial charge is 0.381 e. The van der Waals surface area contributed by atoms with Gasteiger partial charge in [0.2, 0.25) is 0 Å². The smallest absolute Gasteiger partial charge is 0.0547 e. The maximum Gasteiger partial charge on any atom is 0.0547 e. The van der Waals surface area contributed by atoms with E-state index in [9.17, 15) is 0 Å². The zero-order chi connectivity index (χ0) is 12.7. The third-order valence-electron chi connectivity index (χ3n) is 3.08. The molecule has 3 nitrogen and oxygen atoms in total. The van der Waals surface area contributed by atoms with Crippen LogP contribution in [-0.4, -0.2) is 38.0 Å². The number of hydrogen-bond acceptors (Lipinski definition) is 3. The van der Waals surface area contributed by atoms with Crippen molar-refractivity contribution in [3.63, 3.8) is 0 Å². The van der Waals surface area contributed by atoms with Crippen molar-refractivity contribution in [2.24, 2.45) is 5.92 Å². The lowest BCUT2D eigenvalue weighted by atomic mass is 10.1. The van der Waals surface area contributed by atoms with Crippen LogP contribution in [0.2, 0.25) is 0 Å². The van der Waals surface area contributed by atoms with Crippen molar-refractivity contribution >= 4 is 0 Å². The van der Waals surface area contributed by atoms with E-state index < -0.39 is 0 Å². The topological polar surface area (TPSA) is 30.5 Å². The SMILES string of the molecule is CC(CCCNC(C)(C)C)OCC1CCOC1. The molecule has 0 bridgehead atoms. The molecule has 1 saturated heterocycles. The molecule has 0 aliphatic carbocycles. The van der Waals surface area contributed by atoms with Crippen LogP contribution in [0.1, 0.15) is 47.0 Å². The van der Waals surface area contributed by atoms with Crippen LogP contribution in [0.15, 0.2) is 0 Å². The minimum absolute atomic E-state index is 0.227. The highest BCUT2D eigenvalue weighted by Gasteiger charge is 2.16. The number of ether oxygens (including phenoxy) is 2. The Hall–Kier alpha value is -0.120. The molecule has 0 amide bonds. The van der Waals surface area contributed by atoms with E-state index in [1.54, 1.807) is 0 Å². The summed E-state index contributed by atoms with van der Waals surface area (Å²) in [5.74, 6) is 0.630. The van der Waals surface area contributed by atoms with Crippen molar-refractivity contribution in [1.29, 1.82) is 0 Å². The van der Waals surface area contributed by atoms with E-state index in [1.165, 1.54) is 6.42 Å². The summed E-state index contributed by atoms with van der Waals surface area (Å²) < 4.78 is 11.2. The third kappa shape index (κ3) is 7.74. The molecular weight excluding hydrogens is 214 g/mol. The molecule has 1 fully saturated rings. The average molecular weight is 243 g/mol. The van der Waals surface area contributed by atoms with Crippen molar-refractivity contribution in [3.8, 4) is 0 Å². The molecule has 0 aromatic rings. The molecule has 0 saturated carbocycles. The molecule has 0 radical (unpaired) electrons. The summed E-state index contributed by atoms with van der Waals surface area (Å²) in [6.45, 7) is 12.5. The Morgan fingerprint density at radius 2 is 2.18 bits per heavy atom. The molecule has 1 aliphatic heterocycles. The standard InChI is InChI=1S/C14H29NO2/c1-12(6-5-8-15-14(2,3)4)17-11-13-7-9-16-10-13/h12-13,15H,5-11H2,1-4H3. The van der Waals surface area contributed by atoms with Crippen LogP contribution in [0.25, 0.3) is 0 Å². The van der Waals surface area contributed by atoms with Crippen LogP contribution in [0.4, 0.5) is 0 Å². The van der Waals surface area contributed by atoms with Gasteiger partial charge in [-0.05, 0) is 53.5 Å². The minimum Gasteiger partial charge on any atom is -0.381 e. The van der Waals surface area contributed by atoms with E-state index in [0.29, 0.717) is 12.0 Å². The van der Waals surface area contributed by atoms with E-state index >= 15 is 0 Å². The van der Waals surface area contributed by atoms with E-state index in [-0.39, 0.29) is 5.54 Å². The predicted octanol–water partition coefficient (Wildman–Crippen LogP) is 2.60. The first-order valence-corrected chi connectivity index (χ1v) is 6.92. The molecule has 2 atom stereocenters. The van der Waals surface area contributed by atoms with E-state index in [2.05, 4.69) is 33.0 Å². The average Bonchev–Trinajstić information content (AvgIpc) is 2.73. The summed E-state index contributed by atoms with van der Waals surface area (Å²) in [5, 5.41) is 3.50. The molecule has 17 heavy (non-hydrogen) atoms. The number of rotatable bonds is 7. The highest BCUT2D eigenvalue weighted by Crippen LogP contribution is 2.14. The molecule has 102 valence electrons. The van der Waals surface area contributed by atoms with Gasteiger partial charge in [0.25, 0.3) is 0 Å². The summed E-state index contributed by atoms with van der Waals surface area (Å²) in [6, 6.07) is 0. The summed E-state index contributed by atoms with van der Waals surface area (Å²) in [6.07, 6.45) is 3.85. The van der Waals surface area contributed by atoms with Crippen LogP contribution >= 0.6 is 0 Å². The van der Waals surface area contributed by atoms with Crippen LogP contribution in [0, 0.1) is 5.92 Å². The second kappa shape index (κ2) is 7.34. The molecule has 1 rings (SSSR count). The zero-order valence-electron chi connectivity index (χ0n) is 11.9. The highest BCUT2D eigenvalue weighted by atomic mass is 16.5. The van der Waals surface area contributed by atoms with E-state index in [0.717, 1.165) is 39.2 Å². The number of hydrogen-bond donors (Lipinski definition) is 1. The highest BCUT2D eigenvalue weighted by molar-refractivity contribution is 4.70. The number of nitrogens with one attached hydrogen (secondary N) is 1. The van der Waals surface area contributed by atoms with Gasteiger partial charge in [-0.15, -0.1) is 0 Å². The predicted molar refractivity (Wildman–Crippen MR) is 71.3 cm³/mol. The first-order valence-electron chi connectivity index (χ1n) is 6.92. The summed E-state index contributed by atoms with van der Waals surface area (Å²) in [5.41, 5.74) is 0.227. The van der Waals surface area contributed by atoms with E-state index in [1.807, 2.05) is 0 Å². The van der Waals surface area contributed by atoms with Crippen LogP contribution in [0.3, 0.4) is 0 Å². The first kappa shape index (κ1) is 14.9. The van der Waals surface area contributed by atoms with Gasteiger partial charge in [-0.2, -0.15) is 0 Å². The minimum atomic E-state index is 0.227. The van der Waals surface area contributed by atoms with Crippen molar-refractivity contribution in [2.75, 3.05) is 26.4 Å². The van der Waals surface area contributed by atoms with Gasteiger partial charge in [0.15, 0.2) is 0 Å². The summed E-state index contributed by atoms with van der Waals surface area (Å²) in [4.78, 5) is 0. The lowest BCUT2D eigenvalue weighted by Gasteiger charge is -2.21. The van der Waals surface area contributed by atoms with Gasteiger partial charge in [0, 0.05) is 18.1 Å². The molecule has 0 aromatic carbocycles. The molecule has 1 heterocycles. The lowest BCUT2D eigenvalue weighted by Crippen LogP contribution is -2.36. The fraction of sp³-hybridized carbons (Fsp3) is 1.00. The first-order chi connectivity index (χ1) is 7.97. The molecule has 1 N–H and O–H groups in total. The van der Waals surface area contributed by atoms with Gasteiger partial charge < -0.3 is 14.8 Å². The van der Waals surface area contributed by atoms with Gasteiger partial charge in [0.1, 0.15) is 0 Å². The van der Waals surface area contributed by atoms with Crippen molar-refractivity contribution in [3.05, 3.63) is 0 Å². The van der Waals surface area contributed by atoms with Gasteiger partial charge in [-0.3, -0.25) is 0 Å². The Morgan fingerprint density at radius 1 is 1.41 bits per heavy atom. The fourth-order valence-electron chi connectivity index (χ4n) is 1.95. The van der Waals surface area contributed by atoms with Gasteiger partial charge >= 0.3 is 0 Å². The Bertz CT molecular complexity index is 195. The molecule has 2 unspecified atom stereocenters. The van der Waals surface area contributed by atoms with E-state index in [4.69, 9.17) is 9.47 Å². The Morgan fingerprint density at radius 3 is 2.76 bits per heavy atom. The van der Waals surface area contributed by atoms with Crippen LogP contribution < -0.4 is 5.32 Å². The maximum atomic E-state index is 5.85. The van der Waals surface area contributed by atoms with Gasteiger partial charge in [0.05, 0.1) is 19.3 Å². The molecular formula is C14H29NO2. The molecule has 0 aromatic heterocycles. The maximum absolute atomic E-state index is 5.85. The lowest BCUT2D eigenvalue weighted by molar-refractivity contribution is 0.0310. The molecule has 3 heteroatoms. The van der Waals surface area contributed by atoms with Crippen LogP contribution in [-0.2, 0) is 9.47 Å². The Labute approximate surface area is 106 Å². The summed E-state index contributed by atoms with van der Waals surface area (Å²) >= 11 is 0. The van der Waals surface area contributed by atoms with Crippen molar-refractivity contribution < 1.29 is 9.47 Å². The zero-order valence-corrected chi connectivity index (χ0v) is 11.9. The van der Waals surface area contributed by atoms with Gasteiger partial charge in [-0.1, -0.05) is 0 Å². The quantitative estimate of drug-likeness (QED) is 0.697. The second-order valence-electron chi connectivity index (χ2n) is 6.19. The fourth-order valence-corrected chi connectivity index (χ4v) is 1.95.